The van der Waals surface area contributed by atoms with E-state index in [9.17, 15) is 4.79 Å². The van der Waals surface area contributed by atoms with Crippen molar-refractivity contribution in [2.45, 2.75) is 32.8 Å². The molecule has 0 radical (unpaired) electrons. The lowest BCUT2D eigenvalue weighted by atomic mass is 9.85. The molecule has 0 aromatic rings. The van der Waals surface area contributed by atoms with Crippen LogP contribution < -0.4 is 0 Å². The van der Waals surface area contributed by atoms with Crippen molar-refractivity contribution in [1.29, 1.82) is 0 Å². The maximum Gasteiger partial charge on any atom is 0.313 e. The average Bonchev–Trinajstić information content (AvgIpc) is 2.28. The molecule has 1 aliphatic heterocycles. The zero-order chi connectivity index (χ0) is 8.72. The van der Waals surface area contributed by atoms with Crippen LogP contribution >= 0.6 is 0 Å². The minimum atomic E-state index is -0.0413. The normalized spacial score (nSPS) is 40.3. The summed E-state index contributed by atoms with van der Waals surface area (Å²) in [4.78, 5) is 11.2. The monoisotopic (exact) mass is 166 g/mol. The lowest BCUT2D eigenvalue weighted by Crippen LogP contribution is -2.17. The summed E-state index contributed by atoms with van der Waals surface area (Å²) in [5.41, 5.74) is 1.22. The lowest BCUT2D eigenvalue weighted by molar-refractivity contribution is -0.144. The van der Waals surface area contributed by atoms with E-state index in [2.05, 4.69) is 13.0 Å². The molecule has 1 aliphatic carbocycles. The quantitative estimate of drug-likeness (QED) is 0.406. The van der Waals surface area contributed by atoms with Crippen LogP contribution in [0.15, 0.2) is 11.6 Å². The van der Waals surface area contributed by atoms with Crippen molar-refractivity contribution in [1.82, 2.24) is 0 Å². The van der Waals surface area contributed by atoms with E-state index in [1.165, 1.54) is 5.57 Å². The fourth-order valence-electron chi connectivity index (χ4n) is 2.02. The fraction of sp³-hybridized carbons (Fsp3) is 0.700. The van der Waals surface area contributed by atoms with Crippen molar-refractivity contribution in [3.05, 3.63) is 11.6 Å². The largest absolute Gasteiger partial charge is 0.457 e. The van der Waals surface area contributed by atoms with Crippen LogP contribution in [0.3, 0.4) is 0 Å². The number of hydrogen-bond acceptors (Lipinski definition) is 2. The van der Waals surface area contributed by atoms with Crippen LogP contribution in [0.25, 0.3) is 0 Å². The molecule has 0 N–H and O–H groups in total. The Morgan fingerprint density at radius 2 is 2.25 bits per heavy atom. The van der Waals surface area contributed by atoms with Crippen molar-refractivity contribution < 1.29 is 9.53 Å². The van der Waals surface area contributed by atoms with E-state index in [1.807, 2.05) is 6.92 Å². The van der Waals surface area contributed by atoms with E-state index < -0.39 is 0 Å². The molecule has 0 aromatic heterocycles. The summed E-state index contributed by atoms with van der Waals surface area (Å²) in [6.45, 7) is 4.13. The molecule has 1 fully saturated rings. The smallest absolute Gasteiger partial charge is 0.313 e. The van der Waals surface area contributed by atoms with E-state index in [0.29, 0.717) is 5.92 Å². The number of esters is 1. The van der Waals surface area contributed by atoms with Crippen molar-refractivity contribution >= 4 is 5.97 Å². The van der Waals surface area contributed by atoms with Gasteiger partial charge in [-0.15, -0.1) is 0 Å². The molecule has 0 saturated carbocycles. The lowest BCUT2D eigenvalue weighted by Gasteiger charge is -2.21. The van der Waals surface area contributed by atoms with Crippen molar-refractivity contribution in [2.24, 2.45) is 11.8 Å². The predicted molar refractivity (Wildman–Crippen MR) is 45.5 cm³/mol. The molecule has 0 aromatic carbocycles. The highest BCUT2D eigenvalue weighted by Gasteiger charge is 2.38. The van der Waals surface area contributed by atoms with E-state index >= 15 is 0 Å². The fourth-order valence-corrected chi connectivity index (χ4v) is 2.02. The Morgan fingerprint density at radius 1 is 1.50 bits per heavy atom. The van der Waals surface area contributed by atoms with Crippen LogP contribution in [0.5, 0.6) is 0 Å². The second-order valence-electron chi connectivity index (χ2n) is 3.93. The first-order valence-electron chi connectivity index (χ1n) is 4.59. The molecule has 0 unspecified atom stereocenters. The van der Waals surface area contributed by atoms with E-state index in [0.717, 1.165) is 12.8 Å². The molecule has 1 heterocycles. The van der Waals surface area contributed by atoms with Gasteiger partial charge in [0.15, 0.2) is 0 Å². The van der Waals surface area contributed by atoms with Gasteiger partial charge in [0.25, 0.3) is 0 Å². The Hall–Kier alpha value is -0.790. The number of carbonyl (C=O) groups is 1. The molecule has 2 nitrogen and oxygen atoms in total. The molecular weight excluding hydrogens is 152 g/mol. The average molecular weight is 166 g/mol. The van der Waals surface area contributed by atoms with Crippen LogP contribution in [-0.2, 0) is 9.53 Å². The summed E-state index contributed by atoms with van der Waals surface area (Å²) < 4.78 is 5.24. The third kappa shape index (κ3) is 1.06. The Balaban J connectivity index is 2.24. The van der Waals surface area contributed by atoms with Gasteiger partial charge in [-0.3, -0.25) is 4.79 Å². The maximum atomic E-state index is 11.2. The molecule has 0 spiro atoms. The Morgan fingerprint density at radius 3 is 3.00 bits per heavy atom. The van der Waals surface area contributed by atoms with Crippen molar-refractivity contribution in [2.75, 3.05) is 0 Å². The van der Waals surface area contributed by atoms with Gasteiger partial charge in [0, 0.05) is 0 Å². The number of hydrogen-bond donors (Lipinski definition) is 0. The van der Waals surface area contributed by atoms with Crippen LogP contribution in [0.4, 0.5) is 0 Å². The highest BCUT2D eigenvalue weighted by atomic mass is 16.6. The van der Waals surface area contributed by atoms with E-state index in [4.69, 9.17) is 4.74 Å². The van der Waals surface area contributed by atoms with Gasteiger partial charge in [0.1, 0.15) is 6.10 Å². The minimum Gasteiger partial charge on any atom is -0.457 e. The Bertz CT molecular complexity index is 242. The Labute approximate surface area is 72.6 Å². The molecule has 2 heteroatoms. The van der Waals surface area contributed by atoms with Crippen molar-refractivity contribution in [3.8, 4) is 0 Å². The van der Waals surface area contributed by atoms with Gasteiger partial charge >= 0.3 is 5.97 Å². The minimum absolute atomic E-state index is 0.0162. The molecule has 0 amide bonds. The summed E-state index contributed by atoms with van der Waals surface area (Å²) in [7, 11) is 0. The summed E-state index contributed by atoms with van der Waals surface area (Å²) in [6, 6.07) is 0. The zero-order valence-corrected chi connectivity index (χ0v) is 7.54. The first kappa shape index (κ1) is 7.84. The number of rotatable bonds is 0. The molecule has 3 atom stereocenters. The van der Waals surface area contributed by atoms with Gasteiger partial charge in [0.2, 0.25) is 0 Å². The summed E-state index contributed by atoms with van der Waals surface area (Å²) in [5.74, 6) is 0.639. The van der Waals surface area contributed by atoms with Crippen LogP contribution in [0.1, 0.15) is 26.7 Å². The first-order valence-corrected chi connectivity index (χ1v) is 4.59. The van der Waals surface area contributed by atoms with Gasteiger partial charge in [-0.1, -0.05) is 13.0 Å². The van der Waals surface area contributed by atoms with Gasteiger partial charge in [-0.2, -0.15) is 0 Å². The number of carbonyl (C=O) groups excluding carboxylic acids is 1. The molecular formula is C10H14O2. The van der Waals surface area contributed by atoms with E-state index in [1.54, 1.807) is 0 Å². The first-order chi connectivity index (χ1) is 5.68. The molecule has 0 bridgehead atoms. The summed E-state index contributed by atoms with van der Waals surface area (Å²) >= 11 is 0. The molecule has 1 saturated heterocycles. The van der Waals surface area contributed by atoms with Gasteiger partial charge in [0.05, 0.1) is 5.92 Å². The molecule has 2 rings (SSSR count). The number of allylic oxidation sites excluding steroid dienone is 1. The van der Waals surface area contributed by atoms with Gasteiger partial charge in [-0.25, -0.2) is 0 Å². The molecule has 66 valence electrons. The van der Waals surface area contributed by atoms with Gasteiger partial charge in [-0.05, 0) is 31.3 Å². The van der Waals surface area contributed by atoms with Gasteiger partial charge < -0.3 is 4.74 Å². The Kier molecular flexibility index (Phi) is 1.71. The van der Waals surface area contributed by atoms with Crippen LogP contribution in [0, 0.1) is 11.8 Å². The number of ether oxygens (including phenoxy) is 1. The highest BCUT2D eigenvalue weighted by molar-refractivity contribution is 5.79. The molecule has 2 aliphatic rings. The highest BCUT2D eigenvalue weighted by Crippen LogP contribution is 2.36. The predicted octanol–water partition coefficient (Wildman–Crippen LogP) is 1.90. The third-order valence-corrected chi connectivity index (χ3v) is 2.86. The third-order valence-electron chi connectivity index (χ3n) is 2.86. The maximum absolute atomic E-state index is 11.2. The van der Waals surface area contributed by atoms with Crippen LogP contribution in [0.2, 0.25) is 0 Å². The molecule has 12 heavy (non-hydrogen) atoms. The SMILES string of the molecule is C[C@@H]1CC=C2[C@@H](C)C(=O)O[C@@H]2C1. The summed E-state index contributed by atoms with van der Waals surface area (Å²) in [5, 5.41) is 0. The zero-order valence-electron chi connectivity index (χ0n) is 7.54. The second-order valence-corrected chi connectivity index (χ2v) is 3.93. The standard InChI is InChI=1S/C10H14O2/c1-6-3-4-8-7(2)10(11)12-9(8)5-6/h4,6-7,9H,3,5H2,1-2H3/t6-,7-,9-/m1/s1. The second kappa shape index (κ2) is 2.61. The summed E-state index contributed by atoms with van der Waals surface area (Å²) in [6.07, 6.45) is 4.42. The van der Waals surface area contributed by atoms with Crippen molar-refractivity contribution in [3.63, 3.8) is 0 Å². The topological polar surface area (TPSA) is 26.3 Å². The number of fused-ring (bicyclic) bond motifs is 1. The van der Waals surface area contributed by atoms with E-state index in [-0.39, 0.29) is 18.0 Å². The van der Waals surface area contributed by atoms with Crippen LogP contribution in [-0.4, -0.2) is 12.1 Å².